The van der Waals surface area contributed by atoms with Crippen molar-refractivity contribution >= 4 is 11.9 Å². The predicted octanol–water partition coefficient (Wildman–Crippen LogP) is -10.0. The molecule has 0 spiro atoms. The molecular formula is C5H16N16. The minimum atomic E-state index is 0.0324. The van der Waals surface area contributed by atoms with Crippen LogP contribution in [-0.4, -0.2) is 43.0 Å². The van der Waals surface area contributed by atoms with Gasteiger partial charge in [0.1, 0.15) is 0 Å². The Morgan fingerprint density at radius 3 is 1.33 bits per heavy atom. The van der Waals surface area contributed by atoms with Crippen LogP contribution in [0.1, 0.15) is 11.6 Å². The molecule has 0 amide bonds. The van der Waals surface area contributed by atoms with Crippen molar-refractivity contribution in [3.05, 3.63) is 11.6 Å². The van der Waals surface area contributed by atoms with Gasteiger partial charge in [-0.2, -0.15) is 20.6 Å². The van der Waals surface area contributed by atoms with Gasteiger partial charge >= 0.3 is 11.9 Å². The highest BCUT2D eigenvalue weighted by atomic mass is 15.5. The van der Waals surface area contributed by atoms with Crippen molar-refractivity contribution < 1.29 is 10.2 Å². The highest BCUT2D eigenvalue weighted by Crippen LogP contribution is 1.90. The van der Waals surface area contributed by atoms with E-state index in [-0.39, 0.29) is 11.9 Å². The molecule has 2 aromatic rings. The van der Waals surface area contributed by atoms with Gasteiger partial charge in [-0.05, 0) is 0 Å². The van der Waals surface area contributed by atoms with Gasteiger partial charge in [0, 0.05) is 18.1 Å². The smallest absolute Gasteiger partial charge is 0.335 e. The van der Waals surface area contributed by atoms with E-state index in [1.807, 2.05) is 10.2 Å². The van der Waals surface area contributed by atoms with Crippen LogP contribution in [0, 0.1) is 0 Å². The molecule has 16 nitrogen and oxygen atoms in total. The van der Waals surface area contributed by atoms with E-state index < -0.39 is 0 Å². The van der Waals surface area contributed by atoms with Crippen molar-refractivity contribution in [2.45, 2.75) is 6.42 Å². The zero-order valence-electron chi connectivity index (χ0n) is 10.7. The van der Waals surface area contributed by atoms with E-state index in [1.54, 1.807) is 0 Å². The number of nitrogens with two attached hydrogens (primary N) is 6. The Kier molecular flexibility index (Phi) is 8.41. The fraction of sp³-hybridized carbons (Fsp3) is 0.200. The molecule has 116 valence electrons. The number of hydrogen-bond acceptors (Lipinski definition) is 8. The molecule has 0 aliphatic rings. The summed E-state index contributed by atoms with van der Waals surface area (Å²) in [5, 5.41) is 31.5. The zero-order valence-corrected chi connectivity index (χ0v) is 10.7. The number of hydrazine groups is 2. The largest absolute Gasteiger partial charge is 0.360 e. The van der Waals surface area contributed by atoms with Gasteiger partial charge in [0.25, 0.3) is 0 Å². The Labute approximate surface area is 117 Å². The number of nitrogens with one attached hydrogen (secondary N) is 2. The molecule has 0 atom stereocenters. The molecule has 0 aliphatic heterocycles. The van der Waals surface area contributed by atoms with Crippen molar-refractivity contribution in [3.63, 3.8) is 0 Å². The molecule has 2 rings (SSSR count). The molecule has 0 unspecified atom stereocenters. The normalized spacial score (nSPS) is 8.38. The second kappa shape index (κ2) is 10.2. The number of rotatable bonds is 2. The maximum atomic E-state index is 4.75. The SMILES string of the molecule is C(c1nnn[n-]1)c1nnn[n-]1.N[NH+]=C(N)N.N[NH+]=C(N)N. The average molecular weight is 300 g/mol. The Morgan fingerprint density at radius 1 is 0.810 bits per heavy atom. The highest BCUT2D eigenvalue weighted by molar-refractivity contribution is 5.69. The van der Waals surface area contributed by atoms with Gasteiger partial charge in [-0.25, -0.2) is 0 Å². The first-order chi connectivity index (χ1) is 9.99. The number of guanidine groups is 2. The number of aromatic nitrogens is 8. The first kappa shape index (κ1) is 17.3. The van der Waals surface area contributed by atoms with E-state index in [2.05, 4.69) is 52.9 Å². The summed E-state index contributed by atoms with van der Waals surface area (Å²) in [5.41, 5.74) is 19.0. The Bertz CT molecular complexity index is 451. The van der Waals surface area contributed by atoms with E-state index in [1.165, 1.54) is 0 Å². The molecule has 2 heterocycles. The van der Waals surface area contributed by atoms with Crippen LogP contribution in [0.25, 0.3) is 0 Å². The summed E-state index contributed by atoms with van der Waals surface area (Å²) in [4.78, 5) is 0. The second-order valence-corrected chi connectivity index (χ2v) is 2.97. The average Bonchev–Trinajstić information content (AvgIpc) is 3.14. The van der Waals surface area contributed by atoms with Gasteiger partial charge in [-0.3, -0.25) is 55.2 Å². The Balaban J connectivity index is 0.000000340. The van der Waals surface area contributed by atoms with Crippen LogP contribution in [-0.2, 0) is 6.42 Å². The van der Waals surface area contributed by atoms with Crippen LogP contribution in [0.15, 0.2) is 0 Å². The maximum absolute atomic E-state index is 4.75. The third-order valence-electron chi connectivity index (χ3n) is 1.37. The molecule has 0 radical (unpaired) electrons. The van der Waals surface area contributed by atoms with E-state index in [4.69, 9.17) is 22.9 Å². The van der Waals surface area contributed by atoms with Crippen LogP contribution >= 0.6 is 0 Å². The van der Waals surface area contributed by atoms with Crippen molar-refractivity contribution in [1.29, 1.82) is 0 Å². The summed E-state index contributed by atoms with van der Waals surface area (Å²) >= 11 is 0. The van der Waals surface area contributed by atoms with Crippen molar-refractivity contribution in [3.8, 4) is 0 Å². The summed E-state index contributed by atoms with van der Waals surface area (Å²) in [6, 6.07) is 0. The van der Waals surface area contributed by atoms with E-state index >= 15 is 0 Å². The van der Waals surface area contributed by atoms with E-state index in [0.29, 0.717) is 18.1 Å². The van der Waals surface area contributed by atoms with Crippen LogP contribution in [0.5, 0.6) is 0 Å². The minimum Gasteiger partial charge on any atom is -0.335 e. The topological polar surface area (TPSA) is 290 Å². The molecule has 14 N–H and O–H groups in total. The standard InChI is InChI=1S/C3H2N8.2CH6N4/c1(2-4-8-9-5-2)3-6-10-11-7-3;2*2-1(3)5-4/h1H2;2*4H2,(H4,2,3,5)/q-2;;/p+2. The van der Waals surface area contributed by atoms with Crippen LogP contribution in [0.2, 0.25) is 0 Å². The van der Waals surface area contributed by atoms with Crippen LogP contribution in [0.4, 0.5) is 0 Å². The lowest BCUT2D eigenvalue weighted by molar-refractivity contribution is -0.471. The number of hydrogen-bond donors (Lipinski definition) is 8. The summed E-state index contributed by atoms with van der Waals surface area (Å²) in [5.74, 6) is 10.3. The van der Waals surface area contributed by atoms with E-state index in [0.717, 1.165) is 0 Å². The summed E-state index contributed by atoms with van der Waals surface area (Å²) in [6.45, 7) is 0. The van der Waals surface area contributed by atoms with Crippen LogP contribution < -0.4 is 55.0 Å². The van der Waals surface area contributed by atoms with Gasteiger partial charge in [0.15, 0.2) is 0 Å². The van der Waals surface area contributed by atoms with Crippen molar-refractivity contribution in [1.82, 2.24) is 41.2 Å². The summed E-state index contributed by atoms with van der Waals surface area (Å²) in [7, 11) is 0. The van der Waals surface area contributed by atoms with Gasteiger partial charge in [-0.15, -0.1) is 0 Å². The Morgan fingerprint density at radius 2 is 1.14 bits per heavy atom. The first-order valence-electron chi connectivity index (χ1n) is 5.03. The van der Waals surface area contributed by atoms with Gasteiger partial charge in [0.05, 0.1) is 0 Å². The van der Waals surface area contributed by atoms with Gasteiger partial charge in [0.2, 0.25) is 0 Å². The lowest BCUT2D eigenvalue weighted by Gasteiger charge is -1.96. The predicted molar refractivity (Wildman–Crippen MR) is 66.2 cm³/mol. The highest BCUT2D eigenvalue weighted by Gasteiger charge is 1.89. The third kappa shape index (κ3) is 9.93. The third-order valence-corrected chi connectivity index (χ3v) is 1.37. The quantitative estimate of drug-likeness (QED) is 0.110. The van der Waals surface area contributed by atoms with Crippen LogP contribution in [0.3, 0.4) is 0 Å². The second-order valence-electron chi connectivity index (χ2n) is 2.97. The van der Waals surface area contributed by atoms with Crippen molar-refractivity contribution in [2.75, 3.05) is 0 Å². The minimum absolute atomic E-state index is 0.0324. The summed E-state index contributed by atoms with van der Waals surface area (Å²) in [6.07, 6.45) is 0.375. The molecule has 21 heavy (non-hydrogen) atoms. The molecule has 0 saturated carbocycles. The number of nitrogens with zero attached hydrogens (tertiary/aromatic N) is 8. The lowest BCUT2D eigenvalue weighted by atomic mass is 10.4. The zero-order chi connectivity index (χ0) is 16.1. The first-order valence-corrected chi connectivity index (χ1v) is 5.03. The van der Waals surface area contributed by atoms with Crippen molar-refractivity contribution in [2.24, 2.45) is 34.6 Å². The lowest BCUT2D eigenvalue weighted by Crippen LogP contribution is -2.84. The monoisotopic (exact) mass is 300 g/mol. The molecule has 16 heteroatoms. The molecule has 0 saturated heterocycles. The molecule has 0 aromatic carbocycles. The maximum Gasteiger partial charge on any atom is 0.360 e. The molecular weight excluding hydrogens is 284 g/mol. The molecule has 0 aliphatic carbocycles. The fourth-order valence-corrected chi connectivity index (χ4v) is 0.609. The molecule has 2 aromatic heterocycles. The molecule has 0 fully saturated rings. The molecule has 0 bridgehead atoms. The fourth-order valence-electron chi connectivity index (χ4n) is 0.609. The number of hydrazone groups is 2. The van der Waals surface area contributed by atoms with E-state index in [9.17, 15) is 0 Å². The number of tetrazole rings is 2. The Hall–Kier alpha value is -3.72. The summed E-state index contributed by atoms with van der Waals surface area (Å²) < 4.78 is 0. The van der Waals surface area contributed by atoms with Gasteiger partial charge < -0.3 is 10.2 Å². The van der Waals surface area contributed by atoms with Gasteiger partial charge in [-0.1, -0.05) is 0 Å².